The van der Waals surface area contributed by atoms with E-state index in [2.05, 4.69) is 5.32 Å². The van der Waals surface area contributed by atoms with Gasteiger partial charge in [-0.25, -0.2) is 0 Å². The van der Waals surface area contributed by atoms with Gasteiger partial charge in [-0.2, -0.15) is 0 Å². The molecule has 1 aliphatic rings. The predicted octanol–water partition coefficient (Wildman–Crippen LogP) is 6.74. The van der Waals surface area contributed by atoms with E-state index in [-0.39, 0.29) is 18.4 Å². The first-order chi connectivity index (χ1) is 18.2. The molecule has 196 valence electrons. The van der Waals surface area contributed by atoms with Gasteiger partial charge in [-0.1, -0.05) is 53.8 Å². The molecule has 6 nitrogen and oxygen atoms in total. The fourth-order valence-corrected chi connectivity index (χ4v) is 5.29. The van der Waals surface area contributed by atoms with E-state index in [4.69, 9.17) is 21.7 Å². The van der Waals surface area contributed by atoms with Crippen LogP contribution in [0.5, 0.6) is 11.5 Å². The van der Waals surface area contributed by atoms with Crippen LogP contribution < -0.4 is 19.7 Å². The Bertz CT molecular complexity index is 1450. The molecule has 0 aromatic heterocycles. The summed E-state index contributed by atoms with van der Waals surface area (Å²) in [6.07, 6.45) is 1.79. The third kappa shape index (κ3) is 6.26. The molecule has 8 heteroatoms. The third-order valence-corrected chi connectivity index (χ3v) is 7.42. The molecule has 1 aliphatic heterocycles. The van der Waals surface area contributed by atoms with Crippen molar-refractivity contribution in [3.63, 3.8) is 0 Å². The van der Waals surface area contributed by atoms with Crippen molar-refractivity contribution in [2.24, 2.45) is 0 Å². The molecule has 38 heavy (non-hydrogen) atoms. The number of hydrogen-bond donors (Lipinski definition) is 1. The molecular formula is C30H30N2O4S2. The minimum atomic E-state index is -0.265. The van der Waals surface area contributed by atoms with E-state index in [1.165, 1.54) is 11.8 Å². The zero-order valence-corrected chi connectivity index (χ0v) is 23.7. The van der Waals surface area contributed by atoms with Crippen LogP contribution in [-0.4, -0.2) is 29.3 Å². The molecule has 0 spiro atoms. The van der Waals surface area contributed by atoms with Crippen LogP contribution in [0.3, 0.4) is 0 Å². The largest absolute Gasteiger partial charge is 0.490 e. The lowest BCUT2D eigenvalue weighted by Crippen LogP contribution is -2.27. The molecule has 3 aromatic rings. The number of amides is 2. The van der Waals surface area contributed by atoms with E-state index in [0.29, 0.717) is 27.3 Å². The van der Waals surface area contributed by atoms with Gasteiger partial charge >= 0.3 is 0 Å². The van der Waals surface area contributed by atoms with Crippen molar-refractivity contribution in [3.05, 3.63) is 87.3 Å². The van der Waals surface area contributed by atoms with Crippen LogP contribution in [0.2, 0.25) is 0 Å². The number of nitrogens with zero attached hydrogens (tertiary/aromatic N) is 1. The number of carbonyl (C=O) groups is 2. The summed E-state index contributed by atoms with van der Waals surface area (Å²) in [7, 11) is 0. The molecule has 0 aliphatic carbocycles. The number of nitrogens with one attached hydrogen (secondary N) is 1. The molecule has 1 fully saturated rings. The van der Waals surface area contributed by atoms with Crippen LogP contribution in [0.15, 0.2) is 59.5 Å². The maximum Gasteiger partial charge on any atom is 0.270 e. The number of anilines is 2. The number of ether oxygens (including phenoxy) is 2. The highest BCUT2D eigenvalue weighted by Gasteiger charge is 2.33. The summed E-state index contributed by atoms with van der Waals surface area (Å²) in [5.41, 5.74) is 6.65. The van der Waals surface area contributed by atoms with Crippen LogP contribution in [0.1, 0.15) is 34.7 Å². The Morgan fingerprint density at radius 3 is 2.45 bits per heavy atom. The predicted molar refractivity (Wildman–Crippen MR) is 159 cm³/mol. The first-order valence-corrected chi connectivity index (χ1v) is 13.5. The monoisotopic (exact) mass is 546 g/mol. The molecule has 1 saturated heterocycles. The number of benzene rings is 3. The highest BCUT2D eigenvalue weighted by atomic mass is 32.2. The summed E-state index contributed by atoms with van der Waals surface area (Å²) in [4.78, 5) is 27.8. The van der Waals surface area contributed by atoms with Crippen molar-refractivity contribution in [1.82, 2.24) is 0 Å². The Morgan fingerprint density at radius 1 is 0.947 bits per heavy atom. The number of hydrogen-bond acceptors (Lipinski definition) is 6. The van der Waals surface area contributed by atoms with Crippen molar-refractivity contribution < 1.29 is 19.1 Å². The smallest absolute Gasteiger partial charge is 0.270 e. The summed E-state index contributed by atoms with van der Waals surface area (Å²) in [6, 6.07) is 17.1. The summed E-state index contributed by atoms with van der Waals surface area (Å²) in [5.74, 6) is 0.510. The van der Waals surface area contributed by atoms with Crippen molar-refractivity contribution in [2.45, 2.75) is 34.6 Å². The van der Waals surface area contributed by atoms with Gasteiger partial charge in [0, 0.05) is 5.69 Å². The average Bonchev–Trinajstić information content (AvgIpc) is 3.14. The topological polar surface area (TPSA) is 67.9 Å². The molecule has 0 bridgehead atoms. The molecule has 2 amide bonds. The number of thiocarbonyl (C=S) groups is 1. The SMILES string of the molecule is CCOc1cc(/C=C2\SC(=S)N(c3ccc(C)c(C)c3)C2=O)ccc1OCC(=O)Nc1ccc(C)cc1C. The summed E-state index contributed by atoms with van der Waals surface area (Å²) in [5, 5.41) is 2.88. The van der Waals surface area contributed by atoms with Crippen LogP contribution in [-0.2, 0) is 9.59 Å². The fourth-order valence-electron chi connectivity index (χ4n) is 3.99. The van der Waals surface area contributed by atoms with Crippen LogP contribution in [0.4, 0.5) is 11.4 Å². The minimum absolute atomic E-state index is 0.162. The van der Waals surface area contributed by atoms with E-state index < -0.39 is 0 Å². The standard InChI is InChI=1S/C30H30N2O4S2/c1-6-35-26-15-22(9-12-25(26)36-17-28(33)31-24-11-7-18(2)13-21(24)5)16-27-29(34)32(30(37)38-27)23-10-8-19(3)20(4)14-23/h7-16H,6,17H2,1-5H3,(H,31,33)/b27-16-. The highest BCUT2D eigenvalue weighted by Crippen LogP contribution is 2.37. The molecule has 1 N–H and O–H groups in total. The summed E-state index contributed by atoms with van der Waals surface area (Å²) in [6.45, 7) is 10.1. The second kappa shape index (κ2) is 11.8. The van der Waals surface area contributed by atoms with Crippen molar-refractivity contribution in [1.29, 1.82) is 0 Å². The van der Waals surface area contributed by atoms with E-state index >= 15 is 0 Å². The number of rotatable bonds is 8. The van der Waals surface area contributed by atoms with Crippen molar-refractivity contribution in [2.75, 3.05) is 23.4 Å². The van der Waals surface area contributed by atoms with E-state index in [0.717, 1.165) is 39.2 Å². The lowest BCUT2D eigenvalue weighted by atomic mass is 10.1. The van der Waals surface area contributed by atoms with Crippen molar-refractivity contribution in [3.8, 4) is 11.5 Å². The van der Waals surface area contributed by atoms with E-state index in [1.54, 1.807) is 23.1 Å². The second-order valence-electron chi connectivity index (χ2n) is 9.08. The Hall–Kier alpha value is -3.62. The van der Waals surface area contributed by atoms with Crippen LogP contribution in [0.25, 0.3) is 6.08 Å². The van der Waals surface area contributed by atoms with E-state index in [9.17, 15) is 9.59 Å². The van der Waals surface area contributed by atoms with E-state index in [1.807, 2.05) is 77.1 Å². The number of carbonyl (C=O) groups excluding carboxylic acids is 2. The maximum absolute atomic E-state index is 13.2. The Morgan fingerprint density at radius 2 is 1.74 bits per heavy atom. The van der Waals surface area contributed by atoms with Gasteiger partial charge in [-0.3, -0.25) is 14.5 Å². The van der Waals surface area contributed by atoms with Crippen LogP contribution >= 0.6 is 24.0 Å². The molecule has 1 heterocycles. The molecule has 0 atom stereocenters. The van der Waals surface area contributed by atoms with Gasteiger partial charge in [0.05, 0.1) is 17.2 Å². The summed E-state index contributed by atoms with van der Waals surface area (Å²) >= 11 is 6.79. The third-order valence-electron chi connectivity index (χ3n) is 6.12. The normalized spacial score (nSPS) is 14.2. The average molecular weight is 547 g/mol. The number of thioether (sulfide) groups is 1. The first-order valence-electron chi connectivity index (χ1n) is 12.3. The fraction of sp³-hybridized carbons (Fsp3) is 0.233. The molecule has 3 aromatic carbocycles. The molecule has 0 radical (unpaired) electrons. The van der Waals surface area contributed by atoms with Gasteiger partial charge in [0.25, 0.3) is 11.8 Å². The number of aryl methyl sites for hydroxylation is 4. The van der Waals surface area contributed by atoms with Gasteiger partial charge < -0.3 is 14.8 Å². The van der Waals surface area contributed by atoms with Gasteiger partial charge in [0.15, 0.2) is 22.4 Å². The highest BCUT2D eigenvalue weighted by molar-refractivity contribution is 8.27. The second-order valence-corrected chi connectivity index (χ2v) is 10.8. The zero-order valence-electron chi connectivity index (χ0n) is 22.1. The Kier molecular flexibility index (Phi) is 8.54. The minimum Gasteiger partial charge on any atom is -0.490 e. The van der Waals surface area contributed by atoms with Crippen molar-refractivity contribution >= 4 is 57.6 Å². The quantitative estimate of drug-likeness (QED) is 0.249. The van der Waals surface area contributed by atoms with Crippen LogP contribution in [0, 0.1) is 27.7 Å². The lowest BCUT2D eigenvalue weighted by Gasteiger charge is -2.16. The molecule has 4 rings (SSSR count). The molecule has 0 saturated carbocycles. The zero-order chi connectivity index (χ0) is 27.4. The van der Waals surface area contributed by atoms with Gasteiger partial charge in [0.2, 0.25) is 0 Å². The lowest BCUT2D eigenvalue weighted by molar-refractivity contribution is -0.118. The van der Waals surface area contributed by atoms with Gasteiger partial charge in [0.1, 0.15) is 0 Å². The Labute approximate surface area is 233 Å². The first kappa shape index (κ1) is 27.4. The molecular weight excluding hydrogens is 516 g/mol. The summed E-state index contributed by atoms with van der Waals surface area (Å²) < 4.78 is 12.1. The maximum atomic E-state index is 13.2. The Balaban J connectivity index is 1.48. The van der Waals surface area contributed by atoms with Gasteiger partial charge in [-0.05, 0) is 93.3 Å². The molecule has 0 unspecified atom stereocenters. The van der Waals surface area contributed by atoms with Gasteiger partial charge in [-0.15, -0.1) is 0 Å².